The number of amides is 1. The van der Waals surface area contributed by atoms with E-state index in [9.17, 15) is 9.59 Å². The summed E-state index contributed by atoms with van der Waals surface area (Å²) in [7, 11) is 0. The monoisotopic (exact) mass is 320 g/mol. The Balaban J connectivity index is 1.53. The third kappa shape index (κ3) is 3.16. The molecule has 7 nitrogen and oxygen atoms in total. The second kappa shape index (κ2) is 6.27. The Morgan fingerprint density at radius 3 is 2.91 bits per heavy atom. The lowest BCUT2D eigenvalue weighted by Crippen LogP contribution is -2.26. The van der Waals surface area contributed by atoms with E-state index >= 15 is 0 Å². The molecule has 22 heavy (non-hydrogen) atoms. The van der Waals surface area contributed by atoms with Gasteiger partial charge < -0.3 is 15.0 Å². The van der Waals surface area contributed by atoms with Crippen LogP contribution in [-0.2, 0) is 19.4 Å². The number of thiazole rings is 1. The van der Waals surface area contributed by atoms with Crippen LogP contribution in [0.25, 0.3) is 0 Å². The van der Waals surface area contributed by atoms with Gasteiger partial charge in [-0.25, -0.2) is 14.8 Å². The van der Waals surface area contributed by atoms with Crippen molar-refractivity contribution in [1.82, 2.24) is 19.9 Å². The highest BCUT2D eigenvalue weighted by molar-refractivity contribution is 7.09. The smallest absolute Gasteiger partial charge is 0.355 e. The molecule has 2 N–H and O–H groups in total. The molecule has 2 aromatic rings. The van der Waals surface area contributed by atoms with Gasteiger partial charge in [0.1, 0.15) is 11.5 Å². The molecule has 3 rings (SSSR count). The number of nitrogens with one attached hydrogen (secondary N) is 1. The number of carbonyl (C=O) groups excluding carboxylic acids is 1. The Morgan fingerprint density at radius 2 is 2.18 bits per heavy atom. The summed E-state index contributed by atoms with van der Waals surface area (Å²) in [6.07, 6.45) is 5.48. The highest BCUT2D eigenvalue weighted by Crippen LogP contribution is 2.14. The third-order valence-corrected chi connectivity index (χ3v) is 4.45. The molecule has 0 atom stereocenters. The number of carboxylic acids is 1. The van der Waals surface area contributed by atoms with Gasteiger partial charge in [0, 0.05) is 37.5 Å². The lowest BCUT2D eigenvalue weighted by atomic mass is 10.2. The number of fused-ring (bicyclic) bond motifs is 1. The zero-order valence-corrected chi connectivity index (χ0v) is 12.7. The minimum Gasteiger partial charge on any atom is -0.476 e. The van der Waals surface area contributed by atoms with Crippen molar-refractivity contribution in [2.24, 2.45) is 0 Å². The quantitative estimate of drug-likeness (QED) is 0.866. The molecule has 1 aliphatic rings. The van der Waals surface area contributed by atoms with E-state index in [1.54, 1.807) is 6.20 Å². The van der Waals surface area contributed by atoms with Crippen molar-refractivity contribution < 1.29 is 14.7 Å². The fraction of sp³-hybridized carbons (Fsp3) is 0.429. The van der Waals surface area contributed by atoms with Crippen LogP contribution in [0.5, 0.6) is 0 Å². The molecule has 0 aromatic carbocycles. The Kier molecular flexibility index (Phi) is 4.19. The molecular formula is C14H16N4O3S. The van der Waals surface area contributed by atoms with E-state index in [0.29, 0.717) is 23.7 Å². The molecule has 0 saturated heterocycles. The zero-order valence-electron chi connectivity index (χ0n) is 11.9. The van der Waals surface area contributed by atoms with E-state index in [1.807, 2.05) is 4.57 Å². The van der Waals surface area contributed by atoms with E-state index in [0.717, 1.165) is 31.6 Å². The van der Waals surface area contributed by atoms with Gasteiger partial charge in [0.15, 0.2) is 5.69 Å². The van der Waals surface area contributed by atoms with E-state index in [2.05, 4.69) is 15.3 Å². The predicted molar refractivity (Wildman–Crippen MR) is 80.3 cm³/mol. The number of imidazole rings is 1. The Morgan fingerprint density at radius 1 is 1.32 bits per heavy atom. The van der Waals surface area contributed by atoms with E-state index < -0.39 is 5.97 Å². The summed E-state index contributed by atoms with van der Waals surface area (Å²) in [6.45, 7) is 1.33. The molecule has 0 saturated carbocycles. The second-order valence-corrected chi connectivity index (χ2v) is 6.07. The van der Waals surface area contributed by atoms with Crippen LogP contribution in [0.15, 0.2) is 11.6 Å². The molecule has 0 spiro atoms. The van der Waals surface area contributed by atoms with Crippen molar-refractivity contribution in [1.29, 1.82) is 0 Å². The minimum atomic E-state index is -1.03. The number of carbonyl (C=O) groups is 2. The van der Waals surface area contributed by atoms with Gasteiger partial charge in [0.25, 0.3) is 5.91 Å². The maximum atomic E-state index is 12.1. The van der Waals surface area contributed by atoms with Crippen LogP contribution < -0.4 is 5.32 Å². The lowest BCUT2D eigenvalue weighted by molar-refractivity contribution is 0.0690. The number of carboxylic acid groups (broad SMARTS) is 1. The van der Waals surface area contributed by atoms with Gasteiger partial charge in [-0.1, -0.05) is 0 Å². The number of hydrogen-bond acceptors (Lipinski definition) is 5. The van der Waals surface area contributed by atoms with Crippen LogP contribution in [0.1, 0.15) is 44.7 Å². The summed E-state index contributed by atoms with van der Waals surface area (Å²) in [5, 5.41) is 13.8. The first-order valence-electron chi connectivity index (χ1n) is 7.15. The van der Waals surface area contributed by atoms with Crippen molar-refractivity contribution >= 4 is 23.2 Å². The maximum absolute atomic E-state index is 12.1. The minimum absolute atomic E-state index is 0.0492. The third-order valence-electron chi connectivity index (χ3n) is 3.54. The summed E-state index contributed by atoms with van der Waals surface area (Å²) in [6, 6.07) is 0. The van der Waals surface area contributed by atoms with Crippen LogP contribution >= 0.6 is 11.3 Å². The molecule has 0 radical (unpaired) electrons. The molecule has 8 heteroatoms. The average Bonchev–Trinajstić information content (AvgIpc) is 3.13. The Bertz CT molecular complexity index is 683. The highest BCUT2D eigenvalue weighted by Gasteiger charge is 2.16. The Hall–Kier alpha value is -2.22. The molecule has 2 aromatic heterocycles. The summed E-state index contributed by atoms with van der Waals surface area (Å²) in [5.74, 6) is -0.255. The van der Waals surface area contributed by atoms with E-state index in [1.165, 1.54) is 16.7 Å². The van der Waals surface area contributed by atoms with Crippen molar-refractivity contribution in [3.05, 3.63) is 33.8 Å². The average molecular weight is 320 g/mol. The number of aryl methyl sites for hydroxylation is 2. The molecule has 1 amide bonds. The van der Waals surface area contributed by atoms with Crippen LogP contribution in [0.2, 0.25) is 0 Å². The largest absolute Gasteiger partial charge is 0.476 e. The summed E-state index contributed by atoms with van der Waals surface area (Å²) < 4.78 is 2.04. The van der Waals surface area contributed by atoms with Gasteiger partial charge in [-0.15, -0.1) is 11.3 Å². The first-order valence-corrected chi connectivity index (χ1v) is 8.03. The fourth-order valence-corrected chi connectivity index (χ4v) is 3.19. The van der Waals surface area contributed by atoms with Crippen molar-refractivity contribution in [2.45, 2.75) is 32.2 Å². The standard InChI is InChI=1S/C14H16N4O3S/c19-13(9-7-18-6-2-1-3-11(18)16-9)15-5-4-12-17-10(8-22-12)14(20)21/h7-8H,1-6H2,(H,15,19)(H,20,21). The highest BCUT2D eigenvalue weighted by atomic mass is 32.1. The zero-order chi connectivity index (χ0) is 15.5. The first kappa shape index (κ1) is 14.7. The number of aromatic nitrogens is 3. The first-order chi connectivity index (χ1) is 10.6. The topological polar surface area (TPSA) is 97.1 Å². The Labute approximate surface area is 131 Å². The fourth-order valence-electron chi connectivity index (χ4n) is 2.42. The second-order valence-electron chi connectivity index (χ2n) is 5.13. The van der Waals surface area contributed by atoms with Crippen molar-refractivity contribution in [3.8, 4) is 0 Å². The van der Waals surface area contributed by atoms with E-state index in [4.69, 9.17) is 5.11 Å². The SMILES string of the molecule is O=C(O)c1csc(CCNC(=O)c2cn3c(n2)CCCC3)n1. The molecule has 0 fully saturated rings. The van der Waals surface area contributed by atoms with Crippen LogP contribution in [0, 0.1) is 0 Å². The van der Waals surface area contributed by atoms with Crippen LogP contribution in [-0.4, -0.2) is 38.1 Å². The summed E-state index contributed by atoms with van der Waals surface area (Å²) in [5.41, 5.74) is 0.496. The van der Waals surface area contributed by atoms with Crippen LogP contribution in [0.3, 0.4) is 0 Å². The lowest BCUT2D eigenvalue weighted by Gasteiger charge is -2.11. The van der Waals surface area contributed by atoms with Crippen LogP contribution in [0.4, 0.5) is 0 Å². The van der Waals surface area contributed by atoms with Crippen molar-refractivity contribution in [3.63, 3.8) is 0 Å². The van der Waals surface area contributed by atoms with Gasteiger partial charge >= 0.3 is 5.97 Å². The van der Waals surface area contributed by atoms with E-state index in [-0.39, 0.29) is 11.6 Å². The van der Waals surface area contributed by atoms with Gasteiger partial charge in [-0.2, -0.15) is 0 Å². The van der Waals surface area contributed by atoms with Crippen molar-refractivity contribution in [2.75, 3.05) is 6.54 Å². The molecule has 0 unspecified atom stereocenters. The number of hydrogen-bond donors (Lipinski definition) is 2. The molecule has 1 aliphatic heterocycles. The summed E-state index contributed by atoms with van der Waals surface area (Å²) >= 11 is 1.28. The maximum Gasteiger partial charge on any atom is 0.355 e. The normalized spacial score (nSPS) is 13.6. The predicted octanol–water partition coefficient (Wildman–Crippen LogP) is 1.35. The van der Waals surface area contributed by atoms with Gasteiger partial charge in [-0.05, 0) is 12.8 Å². The molecule has 116 valence electrons. The van der Waals surface area contributed by atoms with Gasteiger partial charge in [0.2, 0.25) is 0 Å². The molecular weight excluding hydrogens is 304 g/mol. The number of rotatable bonds is 5. The molecule has 0 aliphatic carbocycles. The van der Waals surface area contributed by atoms with Gasteiger partial charge in [-0.3, -0.25) is 4.79 Å². The molecule has 3 heterocycles. The number of nitrogens with zero attached hydrogens (tertiary/aromatic N) is 3. The van der Waals surface area contributed by atoms with Gasteiger partial charge in [0.05, 0.1) is 5.01 Å². The summed E-state index contributed by atoms with van der Waals surface area (Å²) in [4.78, 5) is 31.2. The number of aromatic carboxylic acids is 1. The molecule has 0 bridgehead atoms.